The van der Waals surface area contributed by atoms with Crippen molar-refractivity contribution in [3.8, 4) is 0 Å². The van der Waals surface area contributed by atoms with Crippen molar-refractivity contribution in [2.75, 3.05) is 13.2 Å². The highest BCUT2D eigenvalue weighted by atomic mass is 16.5. The van der Waals surface area contributed by atoms with Gasteiger partial charge in [0.2, 0.25) is 0 Å². The fourth-order valence-electron chi connectivity index (χ4n) is 1.41. The van der Waals surface area contributed by atoms with Crippen molar-refractivity contribution in [1.82, 2.24) is 0 Å². The van der Waals surface area contributed by atoms with Gasteiger partial charge in [-0.3, -0.25) is 0 Å². The van der Waals surface area contributed by atoms with Gasteiger partial charge in [-0.05, 0) is 39.8 Å². The largest absolute Gasteiger partial charge is 0.467 e. The Morgan fingerprint density at radius 1 is 0.826 bits per heavy atom. The fourth-order valence-corrected chi connectivity index (χ4v) is 1.41. The van der Waals surface area contributed by atoms with Crippen LogP contribution in [0.1, 0.15) is 40.5 Å². The van der Waals surface area contributed by atoms with Gasteiger partial charge < -0.3 is 14.2 Å². The molecule has 0 heterocycles. The van der Waals surface area contributed by atoms with Gasteiger partial charge in [0.25, 0.3) is 0 Å². The normalized spacial score (nSPS) is 11.7. The summed E-state index contributed by atoms with van der Waals surface area (Å²) in [5.74, 6) is 0.523. The van der Waals surface area contributed by atoms with Crippen molar-refractivity contribution in [2.45, 2.75) is 40.5 Å². The second-order valence-corrected chi connectivity index (χ2v) is 4.94. The van der Waals surface area contributed by atoms with E-state index in [0.29, 0.717) is 35.5 Å². The lowest BCUT2D eigenvalue weighted by atomic mass is 10.3. The van der Waals surface area contributed by atoms with Crippen LogP contribution in [-0.2, 0) is 23.8 Å². The first-order valence-corrected chi connectivity index (χ1v) is 7.45. The van der Waals surface area contributed by atoms with Gasteiger partial charge in [-0.1, -0.05) is 13.2 Å². The minimum absolute atomic E-state index is 0.215. The zero-order valence-corrected chi connectivity index (χ0v) is 14.4. The minimum atomic E-state index is -0.418. The van der Waals surface area contributed by atoms with Gasteiger partial charge in [-0.2, -0.15) is 0 Å². The summed E-state index contributed by atoms with van der Waals surface area (Å²) in [6.45, 7) is 14.3. The number of allylic oxidation sites excluding steroid dienone is 2. The van der Waals surface area contributed by atoms with Crippen molar-refractivity contribution in [3.63, 3.8) is 0 Å². The molecule has 0 aliphatic heterocycles. The van der Waals surface area contributed by atoms with Crippen molar-refractivity contribution in [3.05, 3.63) is 48.0 Å². The molecule has 0 saturated carbocycles. The molecule has 0 amide bonds. The molecule has 0 atom stereocenters. The Hall–Kier alpha value is -2.30. The smallest absolute Gasteiger partial charge is 0.333 e. The first kappa shape index (κ1) is 20.7. The van der Waals surface area contributed by atoms with Gasteiger partial charge in [0.1, 0.15) is 11.5 Å². The van der Waals surface area contributed by atoms with Gasteiger partial charge in [0.15, 0.2) is 0 Å². The number of esters is 2. The van der Waals surface area contributed by atoms with Crippen LogP contribution in [0.3, 0.4) is 0 Å². The molecule has 0 spiro atoms. The molecule has 0 aromatic carbocycles. The molecule has 23 heavy (non-hydrogen) atoms. The van der Waals surface area contributed by atoms with Crippen molar-refractivity contribution < 1.29 is 23.8 Å². The summed E-state index contributed by atoms with van der Waals surface area (Å²) in [6, 6.07) is 0. The molecule has 0 radical (unpaired) electrons. The van der Waals surface area contributed by atoms with E-state index in [2.05, 4.69) is 13.2 Å². The van der Waals surface area contributed by atoms with Crippen LogP contribution in [0, 0.1) is 0 Å². The van der Waals surface area contributed by atoms with E-state index in [1.54, 1.807) is 26.0 Å². The van der Waals surface area contributed by atoms with E-state index in [9.17, 15) is 9.59 Å². The highest BCUT2D eigenvalue weighted by Crippen LogP contribution is 2.14. The molecule has 0 unspecified atom stereocenters. The number of carbonyl (C=O) groups is 2. The number of carbonyl (C=O) groups excluding carboxylic acids is 2. The molecule has 5 heteroatoms. The molecular formula is C18H26O5. The number of hydrogen-bond donors (Lipinski definition) is 0. The molecule has 0 rings (SSSR count). The molecule has 0 aliphatic rings. The maximum atomic E-state index is 11.3. The highest BCUT2D eigenvalue weighted by Gasteiger charge is 2.08. The molecule has 0 saturated heterocycles. The molecule has 0 aliphatic carbocycles. The summed E-state index contributed by atoms with van der Waals surface area (Å²) >= 11 is 0. The first-order chi connectivity index (χ1) is 10.8. The van der Waals surface area contributed by atoms with Gasteiger partial charge >= 0.3 is 11.9 Å². The van der Waals surface area contributed by atoms with E-state index in [4.69, 9.17) is 14.2 Å². The molecule has 0 aromatic heterocycles. The van der Waals surface area contributed by atoms with E-state index >= 15 is 0 Å². The quantitative estimate of drug-likeness (QED) is 0.347. The van der Waals surface area contributed by atoms with Crippen molar-refractivity contribution >= 4 is 11.9 Å². The first-order valence-electron chi connectivity index (χ1n) is 7.45. The Labute approximate surface area is 138 Å². The lowest BCUT2D eigenvalue weighted by molar-refractivity contribution is -0.139. The van der Waals surface area contributed by atoms with Crippen molar-refractivity contribution in [1.29, 1.82) is 0 Å². The Morgan fingerprint density at radius 3 is 1.43 bits per heavy atom. The maximum absolute atomic E-state index is 11.3. The SMILES string of the molecule is C=C(C)C(=O)OCCC(=CC)OC(=CC)CCOC(=O)C(=C)C. The van der Waals surface area contributed by atoms with Crippen LogP contribution < -0.4 is 0 Å². The summed E-state index contributed by atoms with van der Waals surface area (Å²) < 4.78 is 15.8. The van der Waals surface area contributed by atoms with Gasteiger partial charge in [-0.15, -0.1) is 0 Å². The molecule has 5 nitrogen and oxygen atoms in total. The standard InChI is InChI=1S/C18H26O5/c1-7-15(9-11-21-17(19)13(3)4)23-16(8-2)10-12-22-18(20)14(5)6/h7-8H,3,5,9-12H2,1-2,4,6H3. The topological polar surface area (TPSA) is 61.8 Å². The van der Waals surface area contributed by atoms with E-state index in [1.165, 1.54) is 0 Å². The van der Waals surface area contributed by atoms with Gasteiger partial charge in [0.05, 0.1) is 13.2 Å². The minimum Gasteiger partial charge on any atom is -0.467 e. The summed E-state index contributed by atoms with van der Waals surface area (Å²) in [7, 11) is 0. The lowest BCUT2D eigenvalue weighted by Crippen LogP contribution is -2.09. The van der Waals surface area contributed by atoms with E-state index < -0.39 is 11.9 Å². The van der Waals surface area contributed by atoms with Crippen LogP contribution in [0.25, 0.3) is 0 Å². The number of rotatable bonds is 10. The zero-order valence-electron chi connectivity index (χ0n) is 14.4. The molecule has 0 bridgehead atoms. The number of ether oxygens (including phenoxy) is 3. The molecule has 0 N–H and O–H groups in total. The predicted molar refractivity (Wildman–Crippen MR) is 89.4 cm³/mol. The molecule has 0 fully saturated rings. The van der Waals surface area contributed by atoms with Crippen LogP contribution in [0.15, 0.2) is 48.0 Å². The van der Waals surface area contributed by atoms with Gasteiger partial charge in [-0.25, -0.2) is 9.59 Å². The Kier molecular flexibility index (Phi) is 10.2. The lowest BCUT2D eigenvalue weighted by Gasteiger charge is -2.13. The Balaban J connectivity index is 4.27. The van der Waals surface area contributed by atoms with E-state index in [-0.39, 0.29) is 13.2 Å². The third kappa shape index (κ3) is 9.34. The summed E-state index contributed by atoms with van der Waals surface area (Å²) in [5, 5.41) is 0. The molecule has 128 valence electrons. The monoisotopic (exact) mass is 322 g/mol. The van der Waals surface area contributed by atoms with Crippen LogP contribution in [0.2, 0.25) is 0 Å². The highest BCUT2D eigenvalue weighted by molar-refractivity contribution is 5.87. The van der Waals surface area contributed by atoms with Gasteiger partial charge in [0, 0.05) is 24.0 Å². The molecular weight excluding hydrogens is 296 g/mol. The second-order valence-electron chi connectivity index (χ2n) is 4.94. The second kappa shape index (κ2) is 11.3. The maximum Gasteiger partial charge on any atom is 0.333 e. The Bertz CT molecular complexity index is 466. The van der Waals surface area contributed by atoms with Crippen LogP contribution in [-0.4, -0.2) is 25.2 Å². The third-order valence-electron chi connectivity index (χ3n) is 2.77. The average Bonchev–Trinajstić information content (AvgIpc) is 2.51. The third-order valence-corrected chi connectivity index (χ3v) is 2.77. The van der Waals surface area contributed by atoms with E-state index in [1.807, 2.05) is 13.8 Å². The van der Waals surface area contributed by atoms with Crippen LogP contribution in [0.5, 0.6) is 0 Å². The predicted octanol–water partition coefficient (Wildman–Crippen LogP) is 3.83. The van der Waals surface area contributed by atoms with Crippen molar-refractivity contribution in [2.24, 2.45) is 0 Å². The average molecular weight is 322 g/mol. The summed E-state index contributed by atoms with van der Waals surface area (Å²) in [5.41, 5.74) is 0.725. The summed E-state index contributed by atoms with van der Waals surface area (Å²) in [4.78, 5) is 22.6. The van der Waals surface area contributed by atoms with Crippen LogP contribution in [0.4, 0.5) is 0 Å². The Morgan fingerprint density at radius 2 is 1.17 bits per heavy atom. The zero-order chi connectivity index (χ0) is 17.8. The summed E-state index contributed by atoms with van der Waals surface area (Å²) in [6.07, 6.45) is 4.52. The number of hydrogen-bond acceptors (Lipinski definition) is 5. The molecule has 0 aromatic rings. The van der Waals surface area contributed by atoms with Crippen LogP contribution >= 0.6 is 0 Å². The fraction of sp³-hybridized carbons (Fsp3) is 0.444. The van der Waals surface area contributed by atoms with E-state index in [0.717, 1.165) is 0 Å².